The quantitative estimate of drug-likeness (QED) is 0.460. The van der Waals surface area contributed by atoms with Gasteiger partial charge < -0.3 is 10.5 Å². The molecule has 2 N–H and O–H groups in total. The first-order valence-electron chi connectivity index (χ1n) is 7.29. The second kappa shape index (κ2) is 9.94. The van der Waals surface area contributed by atoms with Crippen molar-refractivity contribution >= 4 is 28.6 Å². The molecule has 2 aliphatic rings. The van der Waals surface area contributed by atoms with Gasteiger partial charge in [-0.05, 0) is 43.7 Å². The van der Waals surface area contributed by atoms with Crippen molar-refractivity contribution in [3.05, 3.63) is 0 Å². The maximum Gasteiger partial charge on any atom is 0.307 e. The van der Waals surface area contributed by atoms with Crippen LogP contribution in [-0.2, 0) is 9.53 Å². The van der Waals surface area contributed by atoms with E-state index in [-0.39, 0.29) is 5.97 Å². The van der Waals surface area contributed by atoms with Crippen LogP contribution < -0.4 is 5.73 Å². The first-order chi connectivity index (χ1) is 9.31. The third-order valence-corrected chi connectivity index (χ3v) is 4.04. The molecule has 2 fully saturated rings. The number of hydrogen-bond acceptors (Lipinski definition) is 4. The number of rotatable bonds is 4. The second-order valence-electron chi connectivity index (χ2n) is 5.22. The first-order valence-corrected chi connectivity index (χ1v) is 9.44. The van der Waals surface area contributed by atoms with Crippen molar-refractivity contribution < 1.29 is 9.53 Å². The lowest BCUT2D eigenvalue weighted by atomic mass is 9.84. The molecule has 2 unspecified atom stereocenters. The predicted octanol–water partition coefficient (Wildman–Crippen LogP) is 2.19. The van der Waals surface area contributed by atoms with Crippen LogP contribution in [0.4, 0.5) is 0 Å². The van der Waals surface area contributed by atoms with Gasteiger partial charge in [0.2, 0.25) is 0 Å². The molecule has 0 amide bonds. The van der Waals surface area contributed by atoms with Crippen LogP contribution in [0, 0.1) is 5.92 Å². The SMILES string of the molecule is CI.NCCC(=O)OCC1CCCN2CCCCC12. The summed E-state index contributed by atoms with van der Waals surface area (Å²) in [6.45, 7) is 3.45. The smallest absolute Gasteiger partial charge is 0.307 e. The lowest BCUT2D eigenvalue weighted by Crippen LogP contribution is -2.49. The molecule has 0 radical (unpaired) electrons. The van der Waals surface area contributed by atoms with Gasteiger partial charge in [0.25, 0.3) is 0 Å². The molecule has 0 aromatic carbocycles. The monoisotopic (exact) mass is 382 g/mol. The van der Waals surface area contributed by atoms with Crippen molar-refractivity contribution in [1.82, 2.24) is 4.90 Å². The van der Waals surface area contributed by atoms with Gasteiger partial charge in [0, 0.05) is 18.5 Å². The van der Waals surface area contributed by atoms with Crippen LogP contribution in [0.3, 0.4) is 0 Å². The highest BCUT2D eigenvalue weighted by Gasteiger charge is 2.33. The van der Waals surface area contributed by atoms with Crippen LogP contribution in [0.1, 0.15) is 38.5 Å². The molecule has 0 aliphatic carbocycles. The van der Waals surface area contributed by atoms with E-state index in [1.807, 2.05) is 4.93 Å². The number of halogens is 1. The molecule has 2 atom stereocenters. The molecule has 2 saturated heterocycles. The van der Waals surface area contributed by atoms with Crippen molar-refractivity contribution in [2.24, 2.45) is 11.7 Å². The fraction of sp³-hybridized carbons (Fsp3) is 0.929. The highest BCUT2D eigenvalue weighted by Crippen LogP contribution is 2.30. The fourth-order valence-electron chi connectivity index (χ4n) is 3.16. The largest absolute Gasteiger partial charge is 0.465 e. The molecular formula is C14H27IN2O2. The summed E-state index contributed by atoms with van der Waals surface area (Å²) < 4.78 is 5.33. The summed E-state index contributed by atoms with van der Waals surface area (Å²) >= 11 is 2.15. The topological polar surface area (TPSA) is 55.6 Å². The van der Waals surface area contributed by atoms with Crippen LogP contribution in [0.2, 0.25) is 0 Å². The number of alkyl halides is 1. The third kappa shape index (κ3) is 5.55. The van der Waals surface area contributed by atoms with E-state index in [4.69, 9.17) is 10.5 Å². The number of hydrogen-bond donors (Lipinski definition) is 1. The molecule has 0 aromatic heterocycles. The number of nitrogens with two attached hydrogens (primary N) is 1. The lowest BCUT2D eigenvalue weighted by Gasteiger charge is -2.44. The minimum atomic E-state index is -0.138. The van der Waals surface area contributed by atoms with Gasteiger partial charge in [0.05, 0.1) is 13.0 Å². The fourth-order valence-corrected chi connectivity index (χ4v) is 3.16. The van der Waals surface area contributed by atoms with E-state index in [2.05, 4.69) is 27.5 Å². The Kier molecular flexibility index (Phi) is 8.98. The van der Waals surface area contributed by atoms with Gasteiger partial charge >= 0.3 is 5.97 Å². The van der Waals surface area contributed by atoms with Gasteiger partial charge in [0.15, 0.2) is 0 Å². The molecule has 0 spiro atoms. The zero-order chi connectivity index (χ0) is 14.1. The number of piperidine rings is 2. The van der Waals surface area contributed by atoms with Crippen LogP contribution in [-0.4, -0.2) is 48.1 Å². The molecule has 2 rings (SSSR count). The Morgan fingerprint density at radius 1 is 1.26 bits per heavy atom. The molecule has 0 bridgehead atoms. The van der Waals surface area contributed by atoms with E-state index in [0.717, 1.165) is 0 Å². The highest BCUT2D eigenvalue weighted by atomic mass is 127. The summed E-state index contributed by atoms with van der Waals surface area (Å²) in [5, 5.41) is 0. The van der Waals surface area contributed by atoms with E-state index in [1.54, 1.807) is 0 Å². The van der Waals surface area contributed by atoms with E-state index in [0.29, 0.717) is 31.5 Å². The Balaban J connectivity index is 0.000000861. The Bertz CT molecular complexity index is 262. The molecular weight excluding hydrogens is 355 g/mol. The number of esters is 1. The van der Waals surface area contributed by atoms with Crippen molar-refractivity contribution in [3.8, 4) is 0 Å². The molecule has 4 nitrogen and oxygen atoms in total. The standard InChI is InChI=1S/C13H24N2O2.CH3I/c14-7-6-13(16)17-10-11-4-3-9-15-8-2-1-5-12(11)15;1-2/h11-12H,1-10,14H2;1H3. The third-order valence-electron chi connectivity index (χ3n) is 4.04. The summed E-state index contributed by atoms with van der Waals surface area (Å²) in [5.41, 5.74) is 5.34. The minimum absolute atomic E-state index is 0.138. The lowest BCUT2D eigenvalue weighted by molar-refractivity contribution is -0.146. The molecule has 0 aromatic rings. The Morgan fingerprint density at radius 3 is 2.74 bits per heavy atom. The molecule has 5 heteroatoms. The molecule has 112 valence electrons. The maximum atomic E-state index is 11.3. The summed E-state index contributed by atoms with van der Waals surface area (Å²) in [6.07, 6.45) is 6.73. The first kappa shape index (κ1) is 17.2. The zero-order valence-corrected chi connectivity index (χ0v) is 14.1. The number of ether oxygens (including phenoxy) is 1. The van der Waals surface area contributed by atoms with E-state index < -0.39 is 0 Å². The normalized spacial score (nSPS) is 26.9. The summed E-state index contributed by atoms with van der Waals surface area (Å²) in [6, 6.07) is 0.656. The summed E-state index contributed by atoms with van der Waals surface area (Å²) in [7, 11) is 0. The maximum absolute atomic E-state index is 11.3. The number of carbonyl (C=O) groups is 1. The second-order valence-corrected chi connectivity index (χ2v) is 5.22. The van der Waals surface area contributed by atoms with Gasteiger partial charge in [-0.25, -0.2) is 0 Å². The van der Waals surface area contributed by atoms with E-state index >= 15 is 0 Å². The molecule has 0 saturated carbocycles. The number of nitrogens with zero attached hydrogens (tertiary/aromatic N) is 1. The van der Waals surface area contributed by atoms with Gasteiger partial charge in [-0.15, -0.1) is 0 Å². The Labute approximate surface area is 130 Å². The number of carbonyl (C=O) groups excluding carboxylic acids is 1. The van der Waals surface area contributed by atoms with E-state index in [1.165, 1.54) is 45.2 Å². The Morgan fingerprint density at radius 2 is 2.00 bits per heavy atom. The number of fused-ring (bicyclic) bond motifs is 1. The van der Waals surface area contributed by atoms with Crippen LogP contribution in [0.15, 0.2) is 0 Å². The molecule has 19 heavy (non-hydrogen) atoms. The van der Waals surface area contributed by atoms with Crippen LogP contribution in [0.5, 0.6) is 0 Å². The Hall–Kier alpha value is 0.120. The van der Waals surface area contributed by atoms with Crippen molar-refractivity contribution in [2.75, 3.05) is 31.2 Å². The zero-order valence-electron chi connectivity index (χ0n) is 11.9. The van der Waals surface area contributed by atoms with Gasteiger partial charge in [-0.2, -0.15) is 0 Å². The minimum Gasteiger partial charge on any atom is -0.465 e. The average Bonchev–Trinajstić information content (AvgIpc) is 2.47. The van der Waals surface area contributed by atoms with Gasteiger partial charge in [0.1, 0.15) is 0 Å². The van der Waals surface area contributed by atoms with Gasteiger partial charge in [-0.3, -0.25) is 9.69 Å². The average molecular weight is 382 g/mol. The van der Waals surface area contributed by atoms with Crippen molar-refractivity contribution in [1.29, 1.82) is 0 Å². The van der Waals surface area contributed by atoms with Crippen molar-refractivity contribution in [3.63, 3.8) is 0 Å². The van der Waals surface area contributed by atoms with Crippen LogP contribution >= 0.6 is 22.6 Å². The molecule has 2 aliphatic heterocycles. The van der Waals surface area contributed by atoms with Crippen molar-refractivity contribution in [2.45, 2.75) is 44.6 Å². The molecule has 2 heterocycles. The highest BCUT2D eigenvalue weighted by molar-refractivity contribution is 14.1. The summed E-state index contributed by atoms with van der Waals surface area (Å²) in [4.78, 5) is 15.9. The predicted molar refractivity (Wildman–Crippen MR) is 86.5 cm³/mol. The van der Waals surface area contributed by atoms with E-state index in [9.17, 15) is 4.79 Å². The van der Waals surface area contributed by atoms with Crippen LogP contribution in [0.25, 0.3) is 0 Å². The summed E-state index contributed by atoms with van der Waals surface area (Å²) in [5.74, 6) is 0.409. The van der Waals surface area contributed by atoms with Gasteiger partial charge in [-0.1, -0.05) is 29.0 Å².